The Morgan fingerprint density at radius 3 is 2.55 bits per heavy atom. The van der Waals surface area contributed by atoms with Crippen LogP contribution in [0, 0.1) is 5.82 Å². The summed E-state index contributed by atoms with van der Waals surface area (Å²) in [5.41, 5.74) is -0.384. The van der Waals surface area contributed by atoms with Gasteiger partial charge in [-0.2, -0.15) is 0 Å². The van der Waals surface area contributed by atoms with Gasteiger partial charge in [-0.25, -0.2) is 14.0 Å². The van der Waals surface area contributed by atoms with Gasteiger partial charge in [0, 0.05) is 5.56 Å². The van der Waals surface area contributed by atoms with E-state index in [0.29, 0.717) is 0 Å². The lowest BCUT2D eigenvalue weighted by Gasteiger charge is -2.18. The molecule has 110 valence electrons. The third kappa shape index (κ3) is 3.52. The Labute approximate surface area is 114 Å². The van der Waals surface area contributed by atoms with E-state index < -0.39 is 30.0 Å². The maximum atomic E-state index is 13.2. The minimum absolute atomic E-state index is 0.0886. The van der Waals surface area contributed by atoms with E-state index in [1.165, 1.54) is 0 Å². The number of aliphatic hydroxyl groups is 2. The highest BCUT2D eigenvalue weighted by Gasteiger charge is 2.30. The van der Waals surface area contributed by atoms with Crippen molar-refractivity contribution < 1.29 is 33.7 Å². The Balaban J connectivity index is 3.17. The second-order valence-electron chi connectivity index (χ2n) is 3.86. The number of methoxy groups -OCH3 is 1. The summed E-state index contributed by atoms with van der Waals surface area (Å²) in [5.74, 6) is -2.63. The third-order valence-corrected chi connectivity index (χ3v) is 2.57. The van der Waals surface area contributed by atoms with Gasteiger partial charge in [-0.1, -0.05) is 0 Å². The van der Waals surface area contributed by atoms with Crippen LogP contribution in [0.2, 0.25) is 0 Å². The monoisotopic (exact) mass is 286 g/mol. The lowest BCUT2D eigenvalue weighted by Crippen LogP contribution is -2.30. The number of hydrogen-bond acceptors (Lipinski definition) is 6. The Morgan fingerprint density at radius 1 is 1.35 bits per heavy atom. The van der Waals surface area contributed by atoms with Crippen LogP contribution in [0.1, 0.15) is 28.9 Å². The molecule has 0 aliphatic rings. The van der Waals surface area contributed by atoms with Crippen molar-refractivity contribution in [1.29, 1.82) is 0 Å². The first-order valence-corrected chi connectivity index (χ1v) is 5.82. The third-order valence-electron chi connectivity index (χ3n) is 2.57. The number of esters is 2. The predicted molar refractivity (Wildman–Crippen MR) is 65.3 cm³/mol. The van der Waals surface area contributed by atoms with Gasteiger partial charge in [-0.15, -0.1) is 0 Å². The van der Waals surface area contributed by atoms with Crippen molar-refractivity contribution in [1.82, 2.24) is 0 Å². The first-order valence-electron chi connectivity index (χ1n) is 5.82. The van der Waals surface area contributed by atoms with E-state index in [9.17, 15) is 24.2 Å². The van der Waals surface area contributed by atoms with Gasteiger partial charge in [0.2, 0.25) is 0 Å². The second-order valence-corrected chi connectivity index (χ2v) is 3.86. The summed E-state index contributed by atoms with van der Waals surface area (Å²) in [6, 6.07) is 2.96. The zero-order valence-electron chi connectivity index (χ0n) is 11.0. The van der Waals surface area contributed by atoms with E-state index in [1.807, 2.05) is 0 Å². The maximum Gasteiger partial charge on any atom is 0.338 e. The highest BCUT2D eigenvalue weighted by atomic mass is 19.1. The molecule has 0 aliphatic carbocycles. The van der Waals surface area contributed by atoms with E-state index in [2.05, 4.69) is 4.74 Å². The zero-order valence-corrected chi connectivity index (χ0v) is 11.0. The number of benzene rings is 1. The van der Waals surface area contributed by atoms with Gasteiger partial charge in [0.1, 0.15) is 11.9 Å². The highest BCUT2D eigenvalue weighted by Crippen LogP contribution is 2.24. The average molecular weight is 286 g/mol. The van der Waals surface area contributed by atoms with Gasteiger partial charge < -0.3 is 19.7 Å². The smallest absolute Gasteiger partial charge is 0.338 e. The number of halogens is 1. The van der Waals surface area contributed by atoms with Gasteiger partial charge in [-0.3, -0.25) is 0 Å². The molecule has 1 rings (SSSR count). The molecule has 0 fully saturated rings. The Bertz CT molecular complexity index is 502. The van der Waals surface area contributed by atoms with E-state index in [-0.39, 0.29) is 17.7 Å². The minimum Gasteiger partial charge on any atom is -0.467 e. The summed E-state index contributed by atoms with van der Waals surface area (Å²) >= 11 is 0. The first-order chi connectivity index (χ1) is 9.42. The molecule has 0 spiro atoms. The van der Waals surface area contributed by atoms with Gasteiger partial charge in [0.05, 0.1) is 19.3 Å². The van der Waals surface area contributed by atoms with Crippen molar-refractivity contribution >= 4 is 11.9 Å². The average Bonchev–Trinajstić information content (AvgIpc) is 2.44. The number of aliphatic hydroxyl groups excluding tert-OH is 2. The molecule has 1 aromatic carbocycles. The minimum atomic E-state index is -1.94. The van der Waals surface area contributed by atoms with Gasteiger partial charge in [0.25, 0.3) is 0 Å². The molecule has 6 nitrogen and oxygen atoms in total. The van der Waals surface area contributed by atoms with Crippen molar-refractivity contribution in [3.8, 4) is 0 Å². The molecule has 2 atom stereocenters. The van der Waals surface area contributed by atoms with Crippen LogP contribution in [-0.4, -0.2) is 42.0 Å². The SMILES string of the molecule is CCOC(=O)c1ccc(F)cc1C(O)C(O)C(=O)OC. The van der Waals surface area contributed by atoms with E-state index in [4.69, 9.17) is 4.74 Å². The van der Waals surface area contributed by atoms with Crippen LogP contribution in [0.4, 0.5) is 4.39 Å². The molecule has 7 heteroatoms. The van der Waals surface area contributed by atoms with Gasteiger partial charge >= 0.3 is 11.9 Å². The van der Waals surface area contributed by atoms with Crippen LogP contribution >= 0.6 is 0 Å². The number of ether oxygens (including phenoxy) is 2. The van der Waals surface area contributed by atoms with Crippen LogP contribution in [0.25, 0.3) is 0 Å². The van der Waals surface area contributed by atoms with Gasteiger partial charge in [-0.05, 0) is 25.1 Å². The molecule has 1 aromatic rings. The number of carbonyl (C=O) groups excluding carboxylic acids is 2. The molecular formula is C13H15FO6. The summed E-state index contributed by atoms with van der Waals surface area (Å²) in [6.07, 6.45) is -3.74. The molecule has 2 N–H and O–H groups in total. The van der Waals surface area contributed by atoms with E-state index in [1.54, 1.807) is 6.92 Å². The van der Waals surface area contributed by atoms with Crippen LogP contribution in [0.3, 0.4) is 0 Å². The summed E-state index contributed by atoms with van der Waals surface area (Å²) in [7, 11) is 1.02. The predicted octanol–water partition coefficient (Wildman–Crippen LogP) is 0.570. The summed E-state index contributed by atoms with van der Waals surface area (Å²) in [6.45, 7) is 1.67. The van der Waals surface area contributed by atoms with Crippen LogP contribution < -0.4 is 0 Å². The normalized spacial score (nSPS) is 13.4. The summed E-state index contributed by atoms with van der Waals surface area (Å²) < 4.78 is 22.3. The van der Waals surface area contributed by atoms with Crippen molar-refractivity contribution in [3.63, 3.8) is 0 Å². The summed E-state index contributed by atoms with van der Waals surface area (Å²) in [4.78, 5) is 22.9. The van der Waals surface area contributed by atoms with Gasteiger partial charge in [0.15, 0.2) is 6.10 Å². The van der Waals surface area contributed by atoms with Crippen LogP contribution in [-0.2, 0) is 14.3 Å². The standard InChI is InChI=1S/C13H15FO6/c1-3-20-12(17)8-5-4-7(14)6-9(8)10(15)11(16)13(18)19-2/h4-6,10-11,15-16H,3H2,1-2H3. The molecule has 0 aromatic heterocycles. The molecule has 0 radical (unpaired) electrons. The van der Waals surface area contributed by atoms with Crippen molar-refractivity contribution in [2.45, 2.75) is 19.1 Å². The van der Waals surface area contributed by atoms with Crippen molar-refractivity contribution in [2.75, 3.05) is 13.7 Å². The number of carbonyl (C=O) groups is 2. The molecule has 0 amide bonds. The lowest BCUT2D eigenvalue weighted by molar-refractivity contribution is -0.156. The van der Waals surface area contributed by atoms with E-state index in [0.717, 1.165) is 25.3 Å². The fraction of sp³-hybridized carbons (Fsp3) is 0.385. The second kappa shape index (κ2) is 6.97. The van der Waals surface area contributed by atoms with Crippen molar-refractivity contribution in [3.05, 3.63) is 35.1 Å². The zero-order chi connectivity index (χ0) is 15.3. The van der Waals surface area contributed by atoms with E-state index >= 15 is 0 Å². The van der Waals surface area contributed by atoms with Crippen LogP contribution in [0.15, 0.2) is 18.2 Å². The fourth-order valence-electron chi connectivity index (χ4n) is 1.59. The molecule has 0 heterocycles. The Morgan fingerprint density at radius 2 is 2.00 bits per heavy atom. The molecule has 20 heavy (non-hydrogen) atoms. The highest BCUT2D eigenvalue weighted by molar-refractivity contribution is 5.91. The topological polar surface area (TPSA) is 93.1 Å². The Kier molecular flexibility index (Phi) is 5.60. The molecule has 0 bridgehead atoms. The molecule has 0 saturated heterocycles. The molecular weight excluding hydrogens is 271 g/mol. The first kappa shape index (κ1) is 16.1. The van der Waals surface area contributed by atoms with Crippen molar-refractivity contribution in [2.24, 2.45) is 0 Å². The fourth-order valence-corrected chi connectivity index (χ4v) is 1.59. The quantitative estimate of drug-likeness (QED) is 0.769. The Hall–Kier alpha value is -1.99. The summed E-state index contributed by atoms with van der Waals surface area (Å²) in [5, 5.41) is 19.5. The largest absolute Gasteiger partial charge is 0.467 e. The number of hydrogen-bond donors (Lipinski definition) is 2. The molecule has 0 saturated carbocycles. The van der Waals surface area contributed by atoms with Crippen LogP contribution in [0.5, 0.6) is 0 Å². The number of rotatable bonds is 5. The maximum absolute atomic E-state index is 13.2. The molecule has 0 aliphatic heterocycles. The lowest BCUT2D eigenvalue weighted by atomic mass is 9.98. The molecule has 2 unspecified atom stereocenters.